The molecule has 30 heavy (non-hydrogen) atoms. The van der Waals surface area contributed by atoms with Gasteiger partial charge in [-0.3, -0.25) is 9.69 Å². The van der Waals surface area contributed by atoms with Gasteiger partial charge in [-0.2, -0.15) is 4.31 Å². The first-order valence-electron chi connectivity index (χ1n) is 11.3. The number of nitrogens with zero attached hydrogens (tertiary/aromatic N) is 2. The van der Waals surface area contributed by atoms with Crippen LogP contribution in [0.1, 0.15) is 38.5 Å². The molecular weight excluding hydrogens is 400 g/mol. The number of ketones is 1. The lowest BCUT2D eigenvalue weighted by Crippen LogP contribution is -2.55. The Hall–Kier alpha value is -1.44. The largest absolute Gasteiger partial charge is 0.497 e. The Balaban J connectivity index is 1.19. The first-order chi connectivity index (χ1) is 14.4. The number of methoxy groups -OCH3 is 1. The van der Waals surface area contributed by atoms with Crippen LogP contribution in [0.3, 0.4) is 0 Å². The zero-order valence-electron chi connectivity index (χ0n) is 17.8. The highest BCUT2D eigenvalue weighted by Crippen LogP contribution is 2.60. The molecule has 5 aliphatic rings. The number of carbonyl (C=O) groups is 1. The fourth-order valence-corrected chi connectivity index (χ4v) is 8.27. The summed E-state index contributed by atoms with van der Waals surface area (Å²) in [4.78, 5) is 15.8. The quantitative estimate of drug-likeness (QED) is 0.692. The zero-order valence-corrected chi connectivity index (χ0v) is 18.6. The summed E-state index contributed by atoms with van der Waals surface area (Å²) < 4.78 is 32.6. The first-order valence-corrected chi connectivity index (χ1v) is 12.7. The molecule has 1 saturated heterocycles. The second kappa shape index (κ2) is 7.61. The highest BCUT2D eigenvalue weighted by molar-refractivity contribution is 7.89. The van der Waals surface area contributed by atoms with Crippen LogP contribution in [-0.4, -0.2) is 63.2 Å². The summed E-state index contributed by atoms with van der Waals surface area (Å²) in [7, 11) is -1.95. The molecule has 7 heteroatoms. The molecule has 4 bridgehead atoms. The zero-order chi connectivity index (χ0) is 20.9. The van der Waals surface area contributed by atoms with Gasteiger partial charge in [0.05, 0.1) is 18.6 Å². The van der Waals surface area contributed by atoms with Gasteiger partial charge in [-0.05, 0) is 80.5 Å². The topological polar surface area (TPSA) is 66.9 Å². The molecule has 0 N–H and O–H groups in total. The Morgan fingerprint density at radius 3 is 2.00 bits per heavy atom. The lowest BCUT2D eigenvalue weighted by atomic mass is 9.48. The third-order valence-electron chi connectivity index (χ3n) is 8.03. The summed E-state index contributed by atoms with van der Waals surface area (Å²) in [6, 6.07) is 6.54. The molecule has 1 heterocycles. The van der Waals surface area contributed by atoms with E-state index in [-0.39, 0.29) is 5.41 Å². The van der Waals surface area contributed by atoms with E-state index in [1.807, 2.05) is 0 Å². The molecule has 0 amide bonds. The van der Waals surface area contributed by atoms with Crippen molar-refractivity contribution in [2.45, 2.75) is 43.4 Å². The van der Waals surface area contributed by atoms with Crippen LogP contribution >= 0.6 is 0 Å². The number of hydrogen-bond acceptors (Lipinski definition) is 5. The smallest absolute Gasteiger partial charge is 0.243 e. The van der Waals surface area contributed by atoms with Crippen molar-refractivity contribution >= 4 is 15.8 Å². The Morgan fingerprint density at radius 1 is 0.967 bits per heavy atom. The molecular formula is C23H32N2O4S. The van der Waals surface area contributed by atoms with Gasteiger partial charge in [0.2, 0.25) is 10.0 Å². The molecule has 1 aliphatic heterocycles. The first kappa shape index (κ1) is 20.5. The molecule has 0 unspecified atom stereocenters. The standard InChI is InChI=1S/C23H32N2O4S/c1-29-20-2-4-21(5-3-20)30(27,28)25-8-6-24(7-9-25)16-22(26)23-13-17-10-18(14-23)12-19(11-17)15-23/h2-5,17-19H,6-16H2,1H3. The van der Waals surface area contributed by atoms with Gasteiger partial charge in [-0.1, -0.05) is 0 Å². The molecule has 164 valence electrons. The van der Waals surface area contributed by atoms with Crippen LogP contribution in [0.5, 0.6) is 5.75 Å². The number of Topliss-reactive ketones (excluding diaryl/α,β-unsaturated/α-hetero) is 1. The Kier molecular flexibility index (Phi) is 5.19. The molecule has 1 aromatic rings. The van der Waals surface area contributed by atoms with Gasteiger partial charge in [0.15, 0.2) is 5.78 Å². The molecule has 0 spiro atoms. The Bertz CT molecular complexity index is 868. The Morgan fingerprint density at radius 2 is 1.50 bits per heavy atom. The maximum absolute atomic E-state index is 13.3. The minimum Gasteiger partial charge on any atom is -0.497 e. The third kappa shape index (κ3) is 3.59. The molecule has 4 aliphatic carbocycles. The molecule has 1 aromatic carbocycles. The monoisotopic (exact) mass is 432 g/mol. The predicted octanol–water partition coefficient (Wildman–Crippen LogP) is 2.79. The lowest BCUT2D eigenvalue weighted by molar-refractivity contribution is -0.145. The van der Waals surface area contributed by atoms with Crippen molar-refractivity contribution in [2.75, 3.05) is 39.8 Å². The number of piperazine rings is 1. The van der Waals surface area contributed by atoms with E-state index in [9.17, 15) is 13.2 Å². The van der Waals surface area contributed by atoms with E-state index in [1.54, 1.807) is 35.7 Å². The van der Waals surface area contributed by atoms with Crippen LogP contribution in [0, 0.1) is 23.2 Å². The highest BCUT2D eigenvalue weighted by atomic mass is 32.2. The number of ether oxygens (including phenoxy) is 1. The van der Waals surface area contributed by atoms with Crippen LogP contribution in [0.25, 0.3) is 0 Å². The van der Waals surface area contributed by atoms with Gasteiger partial charge in [0, 0.05) is 31.6 Å². The fourth-order valence-electron chi connectivity index (χ4n) is 6.85. The minimum atomic E-state index is -3.51. The summed E-state index contributed by atoms with van der Waals surface area (Å²) in [5.74, 6) is 3.38. The number of benzene rings is 1. The van der Waals surface area contributed by atoms with Crippen LogP contribution < -0.4 is 4.74 Å². The minimum absolute atomic E-state index is 0.0684. The van der Waals surface area contributed by atoms with Crippen LogP contribution in [0.4, 0.5) is 0 Å². The third-order valence-corrected chi connectivity index (χ3v) is 9.94. The molecule has 6 nitrogen and oxygen atoms in total. The number of hydrogen-bond donors (Lipinski definition) is 0. The summed E-state index contributed by atoms with van der Waals surface area (Å²) in [5, 5.41) is 0. The van der Waals surface area contributed by atoms with Crippen molar-refractivity contribution in [3.05, 3.63) is 24.3 Å². The van der Waals surface area contributed by atoms with E-state index in [1.165, 1.54) is 19.3 Å². The van der Waals surface area contributed by atoms with Gasteiger partial charge in [-0.25, -0.2) is 8.42 Å². The van der Waals surface area contributed by atoms with Crippen molar-refractivity contribution in [1.82, 2.24) is 9.21 Å². The van der Waals surface area contributed by atoms with Gasteiger partial charge in [0.25, 0.3) is 0 Å². The Labute approximate surface area is 179 Å². The van der Waals surface area contributed by atoms with Crippen molar-refractivity contribution in [2.24, 2.45) is 23.2 Å². The van der Waals surface area contributed by atoms with Crippen molar-refractivity contribution < 1.29 is 17.9 Å². The van der Waals surface area contributed by atoms with Gasteiger partial charge < -0.3 is 4.74 Å². The lowest BCUT2D eigenvalue weighted by Gasteiger charge is -2.56. The number of sulfonamides is 1. The number of carbonyl (C=O) groups excluding carboxylic acids is 1. The molecule has 0 atom stereocenters. The average Bonchev–Trinajstić information content (AvgIpc) is 2.73. The maximum atomic E-state index is 13.3. The molecule has 6 rings (SSSR count). The van der Waals surface area contributed by atoms with E-state index < -0.39 is 10.0 Å². The normalized spacial score (nSPS) is 34.2. The van der Waals surface area contributed by atoms with E-state index in [0.29, 0.717) is 49.2 Å². The summed E-state index contributed by atoms with van der Waals surface area (Å²) in [6.07, 6.45) is 7.33. The van der Waals surface area contributed by atoms with Crippen molar-refractivity contribution in [3.8, 4) is 5.75 Å². The molecule has 4 saturated carbocycles. The summed E-state index contributed by atoms with van der Waals surface area (Å²) >= 11 is 0. The van der Waals surface area contributed by atoms with E-state index in [0.717, 1.165) is 37.0 Å². The van der Waals surface area contributed by atoms with Crippen LogP contribution in [0.2, 0.25) is 0 Å². The van der Waals surface area contributed by atoms with Gasteiger partial charge in [-0.15, -0.1) is 0 Å². The average molecular weight is 433 g/mol. The molecule has 0 aromatic heterocycles. The van der Waals surface area contributed by atoms with E-state index >= 15 is 0 Å². The van der Waals surface area contributed by atoms with Crippen molar-refractivity contribution in [3.63, 3.8) is 0 Å². The second-order valence-corrected chi connectivity index (χ2v) is 11.9. The summed E-state index contributed by atoms with van der Waals surface area (Å²) in [6.45, 7) is 2.59. The fraction of sp³-hybridized carbons (Fsp3) is 0.696. The highest BCUT2D eigenvalue weighted by Gasteiger charge is 2.54. The maximum Gasteiger partial charge on any atom is 0.243 e. The predicted molar refractivity (Wildman–Crippen MR) is 114 cm³/mol. The SMILES string of the molecule is COc1ccc(S(=O)(=O)N2CCN(CC(=O)C34CC5CC(CC(C5)C3)C4)CC2)cc1. The number of rotatable bonds is 6. The molecule has 0 radical (unpaired) electrons. The van der Waals surface area contributed by atoms with Crippen molar-refractivity contribution in [1.29, 1.82) is 0 Å². The second-order valence-electron chi connectivity index (χ2n) is 9.98. The van der Waals surface area contributed by atoms with Gasteiger partial charge in [0.1, 0.15) is 5.75 Å². The van der Waals surface area contributed by atoms with Crippen LogP contribution in [-0.2, 0) is 14.8 Å². The molecule has 5 fully saturated rings. The van der Waals surface area contributed by atoms with Crippen LogP contribution in [0.15, 0.2) is 29.2 Å². The van der Waals surface area contributed by atoms with E-state index in [2.05, 4.69) is 4.90 Å². The summed E-state index contributed by atoms with van der Waals surface area (Å²) in [5.41, 5.74) is -0.0684. The van der Waals surface area contributed by atoms with E-state index in [4.69, 9.17) is 4.74 Å². The van der Waals surface area contributed by atoms with Gasteiger partial charge >= 0.3 is 0 Å².